The Hall–Kier alpha value is -0.0800. The van der Waals surface area contributed by atoms with Gasteiger partial charge in [0.05, 0.1) is 0 Å². The van der Waals surface area contributed by atoms with E-state index in [1.807, 2.05) is 0 Å². The Labute approximate surface area is 108 Å². The number of nitrogens with one attached hydrogen (secondary N) is 1. The van der Waals surface area contributed by atoms with Gasteiger partial charge in [-0.05, 0) is 44.1 Å². The van der Waals surface area contributed by atoms with E-state index in [2.05, 4.69) is 37.9 Å². The molecular formula is C15H32N2. The zero-order chi connectivity index (χ0) is 12.7. The minimum atomic E-state index is 0.777. The van der Waals surface area contributed by atoms with Crippen LogP contribution in [-0.2, 0) is 0 Å². The summed E-state index contributed by atoms with van der Waals surface area (Å²) in [7, 11) is 0. The van der Waals surface area contributed by atoms with Gasteiger partial charge >= 0.3 is 0 Å². The Balaban J connectivity index is 2.22. The van der Waals surface area contributed by atoms with Crippen molar-refractivity contribution in [2.24, 2.45) is 11.8 Å². The van der Waals surface area contributed by atoms with E-state index >= 15 is 0 Å². The van der Waals surface area contributed by atoms with Crippen molar-refractivity contribution in [2.45, 2.75) is 59.4 Å². The Kier molecular flexibility index (Phi) is 7.14. The zero-order valence-electron chi connectivity index (χ0n) is 12.3. The number of hydrogen-bond donors (Lipinski definition) is 1. The van der Waals surface area contributed by atoms with Crippen molar-refractivity contribution in [3.63, 3.8) is 0 Å². The molecule has 0 aliphatic heterocycles. The molecular weight excluding hydrogens is 208 g/mol. The van der Waals surface area contributed by atoms with Gasteiger partial charge in [0.15, 0.2) is 0 Å². The SMILES string of the molecule is CCC(CC)N(CCNCC1CC1)CC(C)C. The minimum absolute atomic E-state index is 0.777. The maximum atomic E-state index is 3.61. The number of hydrogen-bond acceptors (Lipinski definition) is 2. The van der Waals surface area contributed by atoms with Crippen LogP contribution in [0.1, 0.15) is 53.4 Å². The second-order valence-corrected chi connectivity index (χ2v) is 6.01. The average molecular weight is 240 g/mol. The molecule has 2 heteroatoms. The van der Waals surface area contributed by atoms with Crippen LogP contribution in [0, 0.1) is 11.8 Å². The maximum absolute atomic E-state index is 3.61. The van der Waals surface area contributed by atoms with Crippen molar-refractivity contribution in [2.75, 3.05) is 26.2 Å². The third-order valence-corrected chi connectivity index (χ3v) is 3.76. The van der Waals surface area contributed by atoms with E-state index in [1.54, 1.807) is 0 Å². The van der Waals surface area contributed by atoms with Gasteiger partial charge in [-0.1, -0.05) is 27.7 Å². The quantitative estimate of drug-likeness (QED) is 0.590. The van der Waals surface area contributed by atoms with E-state index in [-0.39, 0.29) is 0 Å². The molecule has 0 atom stereocenters. The first-order valence-corrected chi connectivity index (χ1v) is 7.62. The van der Waals surface area contributed by atoms with Gasteiger partial charge in [0, 0.05) is 25.7 Å². The van der Waals surface area contributed by atoms with Gasteiger partial charge in [-0.2, -0.15) is 0 Å². The second-order valence-electron chi connectivity index (χ2n) is 6.01. The van der Waals surface area contributed by atoms with E-state index in [0.717, 1.165) is 17.9 Å². The molecule has 1 saturated carbocycles. The smallest absolute Gasteiger partial charge is 0.0110 e. The summed E-state index contributed by atoms with van der Waals surface area (Å²) < 4.78 is 0. The molecule has 2 nitrogen and oxygen atoms in total. The largest absolute Gasteiger partial charge is 0.315 e. The van der Waals surface area contributed by atoms with Crippen molar-refractivity contribution < 1.29 is 0 Å². The van der Waals surface area contributed by atoms with E-state index < -0.39 is 0 Å². The molecule has 0 bridgehead atoms. The fourth-order valence-corrected chi connectivity index (χ4v) is 2.55. The molecule has 0 spiro atoms. The molecule has 0 aromatic carbocycles. The predicted molar refractivity (Wildman–Crippen MR) is 76.4 cm³/mol. The lowest BCUT2D eigenvalue weighted by atomic mass is 10.1. The molecule has 0 amide bonds. The Bertz CT molecular complexity index is 183. The highest BCUT2D eigenvalue weighted by atomic mass is 15.2. The highest BCUT2D eigenvalue weighted by Gasteiger charge is 2.20. The van der Waals surface area contributed by atoms with E-state index in [4.69, 9.17) is 0 Å². The van der Waals surface area contributed by atoms with Gasteiger partial charge in [0.1, 0.15) is 0 Å². The topological polar surface area (TPSA) is 15.3 Å². The van der Waals surface area contributed by atoms with Crippen LogP contribution >= 0.6 is 0 Å². The molecule has 0 heterocycles. The minimum Gasteiger partial charge on any atom is -0.315 e. The summed E-state index contributed by atoms with van der Waals surface area (Å²) >= 11 is 0. The van der Waals surface area contributed by atoms with Gasteiger partial charge in [-0.3, -0.25) is 4.90 Å². The van der Waals surface area contributed by atoms with Crippen molar-refractivity contribution in [1.82, 2.24) is 10.2 Å². The standard InChI is InChI=1S/C15H32N2/c1-5-15(6-2)17(12-13(3)4)10-9-16-11-14-7-8-14/h13-16H,5-12H2,1-4H3. The average Bonchev–Trinajstić information content (AvgIpc) is 3.08. The summed E-state index contributed by atoms with van der Waals surface area (Å²) in [5.74, 6) is 1.78. The molecule has 0 radical (unpaired) electrons. The first-order chi connectivity index (χ1) is 8.17. The first kappa shape index (κ1) is 15.0. The van der Waals surface area contributed by atoms with Crippen molar-refractivity contribution >= 4 is 0 Å². The lowest BCUT2D eigenvalue weighted by Crippen LogP contribution is -2.41. The zero-order valence-corrected chi connectivity index (χ0v) is 12.3. The van der Waals surface area contributed by atoms with Crippen LogP contribution in [0.4, 0.5) is 0 Å². The van der Waals surface area contributed by atoms with Crippen molar-refractivity contribution in [3.8, 4) is 0 Å². The maximum Gasteiger partial charge on any atom is 0.0110 e. The molecule has 1 rings (SSSR count). The third-order valence-electron chi connectivity index (χ3n) is 3.76. The van der Waals surface area contributed by atoms with Crippen LogP contribution in [0.5, 0.6) is 0 Å². The van der Waals surface area contributed by atoms with Crippen LogP contribution in [0.3, 0.4) is 0 Å². The lowest BCUT2D eigenvalue weighted by molar-refractivity contribution is 0.166. The molecule has 0 aromatic rings. The molecule has 0 unspecified atom stereocenters. The fourth-order valence-electron chi connectivity index (χ4n) is 2.55. The van der Waals surface area contributed by atoms with E-state index in [1.165, 1.54) is 51.9 Å². The van der Waals surface area contributed by atoms with Crippen LogP contribution in [0.25, 0.3) is 0 Å². The molecule has 17 heavy (non-hydrogen) atoms. The van der Waals surface area contributed by atoms with Gasteiger partial charge in [0.25, 0.3) is 0 Å². The Morgan fingerprint density at radius 3 is 2.29 bits per heavy atom. The van der Waals surface area contributed by atoms with Crippen LogP contribution in [0.2, 0.25) is 0 Å². The van der Waals surface area contributed by atoms with E-state index in [9.17, 15) is 0 Å². The van der Waals surface area contributed by atoms with Gasteiger partial charge in [-0.25, -0.2) is 0 Å². The van der Waals surface area contributed by atoms with Gasteiger partial charge in [0.2, 0.25) is 0 Å². The number of nitrogens with zero attached hydrogens (tertiary/aromatic N) is 1. The fraction of sp³-hybridized carbons (Fsp3) is 1.00. The summed E-state index contributed by atoms with van der Waals surface area (Å²) in [6.45, 7) is 14.2. The second kappa shape index (κ2) is 8.10. The molecule has 1 aliphatic rings. The monoisotopic (exact) mass is 240 g/mol. The third kappa shape index (κ3) is 6.42. The highest BCUT2D eigenvalue weighted by molar-refractivity contribution is 4.76. The number of rotatable bonds is 10. The normalized spacial score (nSPS) is 16.4. The van der Waals surface area contributed by atoms with Crippen molar-refractivity contribution in [1.29, 1.82) is 0 Å². The summed E-state index contributed by atoms with van der Waals surface area (Å²) in [6, 6.07) is 0.778. The van der Waals surface area contributed by atoms with Gasteiger partial charge < -0.3 is 5.32 Å². The molecule has 0 aromatic heterocycles. The lowest BCUT2D eigenvalue weighted by Gasteiger charge is -2.32. The predicted octanol–water partition coefficient (Wildman–Crippen LogP) is 3.13. The Morgan fingerprint density at radius 2 is 1.82 bits per heavy atom. The van der Waals surface area contributed by atoms with Crippen LogP contribution < -0.4 is 5.32 Å². The van der Waals surface area contributed by atoms with E-state index in [0.29, 0.717) is 0 Å². The van der Waals surface area contributed by atoms with Crippen molar-refractivity contribution in [3.05, 3.63) is 0 Å². The summed E-state index contributed by atoms with van der Waals surface area (Å²) in [5.41, 5.74) is 0. The summed E-state index contributed by atoms with van der Waals surface area (Å²) in [4.78, 5) is 2.69. The van der Waals surface area contributed by atoms with Crippen LogP contribution in [0.15, 0.2) is 0 Å². The Morgan fingerprint density at radius 1 is 1.18 bits per heavy atom. The summed E-state index contributed by atoms with van der Waals surface area (Å²) in [6.07, 6.45) is 5.47. The molecule has 1 aliphatic carbocycles. The molecule has 0 saturated heterocycles. The van der Waals surface area contributed by atoms with Gasteiger partial charge in [-0.15, -0.1) is 0 Å². The molecule has 102 valence electrons. The summed E-state index contributed by atoms with van der Waals surface area (Å²) in [5, 5.41) is 3.61. The molecule has 1 N–H and O–H groups in total. The first-order valence-electron chi connectivity index (χ1n) is 7.62. The molecule has 1 fully saturated rings. The van der Waals surface area contributed by atoms with Crippen LogP contribution in [-0.4, -0.2) is 37.1 Å². The highest BCUT2D eigenvalue weighted by Crippen LogP contribution is 2.27.